The lowest BCUT2D eigenvalue weighted by atomic mass is 9.52. The average molecular weight is 299 g/mol. The Morgan fingerprint density at radius 3 is 2.10 bits per heavy atom. The summed E-state index contributed by atoms with van der Waals surface area (Å²) in [5.74, 6) is 2.97. The SMILES string of the molecule is S=CN(CCc1ccccc1)C12CC3CC(CC(C3)C1)C2. The molecule has 4 saturated carbocycles. The van der Waals surface area contributed by atoms with E-state index in [2.05, 4.69) is 35.2 Å². The lowest BCUT2D eigenvalue weighted by Crippen LogP contribution is -2.59. The van der Waals surface area contributed by atoms with E-state index in [0.29, 0.717) is 5.54 Å². The number of benzene rings is 1. The van der Waals surface area contributed by atoms with Gasteiger partial charge in [-0.05, 0) is 68.3 Å². The molecule has 0 amide bonds. The third kappa shape index (κ3) is 2.52. The van der Waals surface area contributed by atoms with Crippen molar-refractivity contribution in [3.05, 3.63) is 35.9 Å². The summed E-state index contributed by atoms with van der Waals surface area (Å²) in [6.45, 7) is 1.10. The van der Waals surface area contributed by atoms with Gasteiger partial charge in [0.1, 0.15) is 0 Å². The van der Waals surface area contributed by atoms with Crippen LogP contribution < -0.4 is 0 Å². The minimum Gasteiger partial charge on any atom is -0.363 e. The van der Waals surface area contributed by atoms with E-state index in [4.69, 9.17) is 12.2 Å². The van der Waals surface area contributed by atoms with E-state index < -0.39 is 0 Å². The molecule has 21 heavy (non-hydrogen) atoms. The lowest BCUT2D eigenvalue weighted by Gasteiger charge is -2.60. The zero-order chi connectivity index (χ0) is 14.3. The quantitative estimate of drug-likeness (QED) is 0.739. The third-order valence-corrected chi connectivity index (χ3v) is 6.48. The summed E-state index contributed by atoms with van der Waals surface area (Å²) in [4.78, 5) is 2.56. The maximum absolute atomic E-state index is 5.42. The minimum atomic E-state index is 0.422. The van der Waals surface area contributed by atoms with Gasteiger partial charge in [0.15, 0.2) is 0 Å². The van der Waals surface area contributed by atoms with Crippen molar-refractivity contribution in [1.29, 1.82) is 0 Å². The maximum atomic E-state index is 5.42. The van der Waals surface area contributed by atoms with Gasteiger partial charge in [0.2, 0.25) is 0 Å². The van der Waals surface area contributed by atoms with Crippen molar-refractivity contribution in [3.8, 4) is 0 Å². The fourth-order valence-corrected chi connectivity index (χ4v) is 6.04. The smallest absolute Gasteiger partial charge is 0.0645 e. The number of nitrogens with zero attached hydrogens (tertiary/aromatic N) is 1. The van der Waals surface area contributed by atoms with Crippen LogP contribution in [0.5, 0.6) is 0 Å². The highest BCUT2D eigenvalue weighted by Crippen LogP contribution is 2.57. The Labute approximate surface area is 133 Å². The summed E-state index contributed by atoms with van der Waals surface area (Å²) in [6, 6.07) is 10.9. The summed E-state index contributed by atoms with van der Waals surface area (Å²) in [7, 11) is 0. The standard InChI is InChI=1S/C19H25NS/c21-14-20(7-6-15-4-2-1-3-5-15)19-11-16-8-17(12-19)10-18(9-16)13-19/h1-5,14,16-18H,6-13H2. The van der Waals surface area contributed by atoms with Gasteiger partial charge < -0.3 is 4.90 Å². The van der Waals surface area contributed by atoms with Crippen LogP contribution in [0.2, 0.25) is 0 Å². The van der Waals surface area contributed by atoms with Crippen LogP contribution in [0, 0.1) is 17.8 Å². The number of thiocarbonyl (C=S) groups is 1. The van der Waals surface area contributed by atoms with Gasteiger partial charge in [-0.2, -0.15) is 0 Å². The van der Waals surface area contributed by atoms with Gasteiger partial charge in [0.25, 0.3) is 0 Å². The van der Waals surface area contributed by atoms with Crippen molar-refractivity contribution in [3.63, 3.8) is 0 Å². The Kier molecular flexibility index (Phi) is 3.53. The Hall–Kier alpha value is -0.890. The zero-order valence-electron chi connectivity index (χ0n) is 12.7. The van der Waals surface area contributed by atoms with Crippen LogP contribution >= 0.6 is 12.2 Å². The molecule has 112 valence electrons. The molecular formula is C19H25NS. The van der Waals surface area contributed by atoms with Crippen LogP contribution in [0.4, 0.5) is 0 Å². The first kappa shape index (κ1) is 13.8. The molecule has 0 saturated heterocycles. The number of hydrogen-bond acceptors (Lipinski definition) is 1. The highest BCUT2D eigenvalue weighted by Gasteiger charge is 2.52. The molecule has 2 heteroatoms. The topological polar surface area (TPSA) is 3.24 Å². The third-order valence-electron chi connectivity index (χ3n) is 6.23. The number of hydrogen-bond donors (Lipinski definition) is 0. The second-order valence-electron chi connectivity index (χ2n) is 7.68. The van der Waals surface area contributed by atoms with E-state index in [0.717, 1.165) is 30.7 Å². The van der Waals surface area contributed by atoms with Crippen molar-refractivity contribution in [2.24, 2.45) is 17.8 Å². The zero-order valence-corrected chi connectivity index (χ0v) is 13.5. The van der Waals surface area contributed by atoms with Crippen molar-refractivity contribution >= 4 is 17.7 Å². The molecule has 1 nitrogen and oxygen atoms in total. The van der Waals surface area contributed by atoms with Crippen molar-refractivity contribution in [2.75, 3.05) is 6.54 Å². The largest absolute Gasteiger partial charge is 0.363 e. The minimum absolute atomic E-state index is 0.422. The molecule has 5 rings (SSSR count). The molecule has 4 aliphatic rings. The van der Waals surface area contributed by atoms with Gasteiger partial charge in [0.05, 0.1) is 5.49 Å². The molecule has 0 N–H and O–H groups in total. The van der Waals surface area contributed by atoms with Crippen LogP contribution in [0.3, 0.4) is 0 Å². The highest BCUT2D eigenvalue weighted by molar-refractivity contribution is 7.78. The number of rotatable bonds is 5. The van der Waals surface area contributed by atoms with Gasteiger partial charge in [-0.3, -0.25) is 0 Å². The first-order valence-electron chi connectivity index (χ1n) is 8.53. The fourth-order valence-electron chi connectivity index (χ4n) is 5.71. The molecule has 0 aliphatic heterocycles. The van der Waals surface area contributed by atoms with Crippen LogP contribution in [-0.4, -0.2) is 22.5 Å². The van der Waals surface area contributed by atoms with E-state index in [1.54, 1.807) is 0 Å². The van der Waals surface area contributed by atoms with Crippen LogP contribution in [0.15, 0.2) is 30.3 Å². The summed E-state index contributed by atoms with van der Waals surface area (Å²) >= 11 is 5.42. The molecule has 0 atom stereocenters. The van der Waals surface area contributed by atoms with E-state index in [1.165, 1.54) is 44.1 Å². The first-order valence-corrected chi connectivity index (χ1v) is 9.00. The van der Waals surface area contributed by atoms with Gasteiger partial charge in [-0.1, -0.05) is 42.5 Å². The molecule has 0 spiro atoms. The lowest BCUT2D eigenvalue weighted by molar-refractivity contribution is -0.0593. The average Bonchev–Trinajstić information content (AvgIpc) is 2.47. The van der Waals surface area contributed by atoms with Gasteiger partial charge in [-0.15, -0.1) is 0 Å². The summed E-state index contributed by atoms with van der Waals surface area (Å²) in [5.41, 5.74) is 3.84. The van der Waals surface area contributed by atoms with Crippen LogP contribution in [0.1, 0.15) is 44.1 Å². The molecule has 1 aromatic rings. The molecule has 1 aromatic carbocycles. The van der Waals surface area contributed by atoms with Crippen molar-refractivity contribution in [1.82, 2.24) is 4.90 Å². The normalized spacial score (nSPS) is 36.7. The van der Waals surface area contributed by atoms with E-state index in [9.17, 15) is 0 Å². The van der Waals surface area contributed by atoms with Gasteiger partial charge >= 0.3 is 0 Å². The fraction of sp³-hybridized carbons (Fsp3) is 0.632. The Bertz CT molecular complexity index is 474. The summed E-state index contributed by atoms with van der Waals surface area (Å²) < 4.78 is 0. The molecule has 4 aliphatic carbocycles. The van der Waals surface area contributed by atoms with E-state index in [1.807, 2.05) is 5.49 Å². The Morgan fingerprint density at radius 1 is 1.00 bits per heavy atom. The molecular weight excluding hydrogens is 274 g/mol. The van der Waals surface area contributed by atoms with Crippen molar-refractivity contribution < 1.29 is 0 Å². The van der Waals surface area contributed by atoms with Gasteiger partial charge in [0, 0.05) is 12.1 Å². The predicted molar refractivity (Wildman–Crippen MR) is 91.4 cm³/mol. The molecule has 0 radical (unpaired) electrons. The maximum Gasteiger partial charge on any atom is 0.0645 e. The molecule has 4 bridgehead atoms. The summed E-state index contributed by atoms with van der Waals surface area (Å²) in [6.07, 6.45) is 9.84. The van der Waals surface area contributed by atoms with Gasteiger partial charge in [-0.25, -0.2) is 0 Å². The Balaban J connectivity index is 1.49. The van der Waals surface area contributed by atoms with Crippen molar-refractivity contribution in [2.45, 2.75) is 50.5 Å². The highest BCUT2D eigenvalue weighted by atomic mass is 32.1. The molecule has 4 fully saturated rings. The Morgan fingerprint density at radius 2 is 1.57 bits per heavy atom. The molecule has 0 unspecified atom stereocenters. The molecule has 0 heterocycles. The first-order chi connectivity index (χ1) is 10.3. The van der Waals surface area contributed by atoms with E-state index >= 15 is 0 Å². The molecule has 0 aromatic heterocycles. The monoisotopic (exact) mass is 299 g/mol. The van der Waals surface area contributed by atoms with Crippen LogP contribution in [-0.2, 0) is 6.42 Å². The predicted octanol–water partition coefficient (Wildman–Crippen LogP) is 4.46. The van der Waals surface area contributed by atoms with Crippen LogP contribution in [0.25, 0.3) is 0 Å². The second-order valence-corrected chi connectivity index (χ2v) is 7.89. The van der Waals surface area contributed by atoms with E-state index in [-0.39, 0.29) is 0 Å². The summed E-state index contributed by atoms with van der Waals surface area (Å²) in [5, 5.41) is 0. The second kappa shape index (κ2) is 5.39.